The van der Waals surface area contributed by atoms with Crippen LogP contribution in [0.3, 0.4) is 0 Å². The third kappa shape index (κ3) is 2.15. The predicted octanol–water partition coefficient (Wildman–Crippen LogP) is 0.350. The van der Waals surface area contributed by atoms with Gasteiger partial charge in [-0.2, -0.15) is 5.10 Å². The molecule has 0 aliphatic carbocycles. The van der Waals surface area contributed by atoms with E-state index in [0.29, 0.717) is 18.8 Å². The number of nitrogens with zero attached hydrogens (tertiary/aromatic N) is 2. The summed E-state index contributed by atoms with van der Waals surface area (Å²) in [7, 11) is 0. The van der Waals surface area contributed by atoms with Gasteiger partial charge in [0.05, 0.1) is 23.6 Å². The topological polar surface area (TPSA) is 93.2 Å². The smallest absolute Gasteiger partial charge is 0.404 e. The van der Waals surface area contributed by atoms with E-state index in [0.717, 1.165) is 11.4 Å². The predicted molar refractivity (Wildman–Crippen MR) is 52.1 cm³/mol. The Morgan fingerprint density at radius 2 is 2.29 bits per heavy atom. The van der Waals surface area contributed by atoms with Crippen molar-refractivity contribution >= 4 is 11.8 Å². The number of hydrogen-bond donors (Lipinski definition) is 3. The fraction of sp³-hybridized carbons (Fsp3) is 0.500. The first kappa shape index (κ1) is 10.4. The average Bonchev–Trinajstić information content (AvgIpc) is 2.33. The monoisotopic (exact) mass is 198 g/mol. The van der Waals surface area contributed by atoms with Crippen LogP contribution in [0.15, 0.2) is 0 Å². The van der Waals surface area contributed by atoms with Gasteiger partial charge in [0.1, 0.15) is 0 Å². The van der Waals surface area contributed by atoms with Crippen LogP contribution in [0.25, 0.3) is 0 Å². The first-order valence-electron chi connectivity index (χ1n) is 4.28. The van der Waals surface area contributed by atoms with Crippen molar-refractivity contribution in [3.8, 4) is 0 Å². The lowest BCUT2D eigenvalue weighted by molar-refractivity contribution is 0.194. The summed E-state index contributed by atoms with van der Waals surface area (Å²) in [6.45, 7) is 4.51. The highest BCUT2D eigenvalue weighted by Crippen LogP contribution is 2.13. The summed E-state index contributed by atoms with van der Waals surface area (Å²) in [6.07, 6.45) is -1.03. The van der Waals surface area contributed by atoms with E-state index in [-0.39, 0.29) is 0 Å². The number of hydrogen-bond acceptors (Lipinski definition) is 3. The molecule has 0 aliphatic heterocycles. The first-order valence-corrected chi connectivity index (χ1v) is 4.28. The van der Waals surface area contributed by atoms with Gasteiger partial charge in [-0.3, -0.25) is 4.68 Å². The zero-order chi connectivity index (χ0) is 10.7. The van der Waals surface area contributed by atoms with Gasteiger partial charge in [-0.05, 0) is 13.8 Å². The molecule has 14 heavy (non-hydrogen) atoms. The summed E-state index contributed by atoms with van der Waals surface area (Å²) in [5.74, 6) is 0. The molecule has 0 bridgehead atoms. The van der Waals surface area contributed by atoms with Crippen LogP contribution in [-0.4, -0.2) is 27.5 Å². The van der Waals surface area contributed by atoms with Crippen molar-refractivity contribution in [1.29, 1.82) is 0 Å². The Morgan fingerprint density at radius 1 is 1.64 bits per heavy atom. The third-order valence-electron chi connectivity index (χ3n) is 2.04. The molecule has 0 fully saturated rings. The number of nitrogens with two attached hydrogens (primary N) is 1. The fourth-order valence-corrected chi connectivity index (χ4v) is 1.20. The zero-order valence-corrected chi connectivity index (χ0v) is 8.24. The number of carbonyl (C=O) groups is 1. The Kier molecular flexibility index (Phi) is 2.95. The van der Waals surface area contributed by atoms with Gasteiger partial charge in [-0.15, -0.1) is 0 Å². The zero-order valence-electron chi connectivity index (χ0n) is 8.24. The molecule has 0 radical (unpaired) electrons. The molecule has 1 aromatic rings. The van der Waals surface area contributed by atoms with Crippen molar-refractivity contribution in [2.75, 3.05) is 12.3 Å². The van der Waals surface area contributed by atoms with E-state index in [9.17, 15) is 4.79 Å². The largest absolute Gasteiger partial charge is 0.465 e. The van der Waals surface area contributed by atoms with Crippen molar-refractivity contribution < 1.29 is 9.90 Å². The second-order valence-corrected chi connectivity index (χ2v) is 3.04. The van der Waals surface area contributed by atoms with Gasteiger partial charge in [0.25, 0.3) is 0 Å². The first-order chi connectivity index (χ1) is 6.52. The molecule has 0 saturated heterocycles. The number of anilines is 1. The molecule has 6 heteroatoms. The quantitative estimate of drug-likeness (QED) is 0.653. The van der Waals surface area contributed by atoms with Gasteiger partial charge in [0, 0.05) is 6.54 Å². The van der Waals surface area contributed by atoms with E-state index in [2.05, 4.69) is 10.4 Å². The van der Waals surface area contributed by atoms with Crippen LogP contribution in [0.4, 0.5) is 10.5 Å². The van der Waals surface area contributed by atoms with Crippen molar-refractivity contribution in [2.45, 2.75) is 20.4 Å². The average molecular weight is 198 g/mol. The second-order valence-electron chi connectivity index (χ2n) is 3.04. The molecule has 0 atom stereocenters. The molecule has 0 spiro atoms. The number of amides is 1. The maximum absolute atomic E-state index is 10.2. The Labute approximate surface area is 81.7 Å². The van der Waals surface area contributed by atoms with E-state index in [1.165, 1.54) is 0 Å². The van der Waals surface area contributed by atoms with E-state index in [4.69, 9.17) is 10.8 Å². The van der Waals surface area contributed by atoms with E-state index in [1.54, 1.807) is 4.68 Å². The van der Waals surface area contributed by atoms with Crippen LogP contribution in [-0.2, 0) is 6.54 Å². The van der Waals surface area contributed by atoms with Gasteiger partial charge in [-0.25, -0.2) is 4.79 Å². The molecule has 6 nitrogen and oxygen atoms in total. The maximum atomic E-state index is 10.2. The Balaban J connectivity index is 2.59. The summed E-state index contributed by atoms with van der Waals surface area (Å²) in [6, 6.07) is 0. The number of nitrogens with one attached hydrogen (secondary N) is 1. The van der Waals surface area contributed by atoms with Gasteiger partial charge < -0.3 is 16.2 Å². The van der Waals surface area contributed by atoms with Crippen LogP contribution < -0.4 is 11.1 Å². The molecule has 1 rings (SSSR count). The van der Waals surface area contributed by atoms with Crippen molar-refractivity contribution in [2.24, 2.45) is 0 Å². The van der Waals surface area contributed by atoms with Crippen LogP contribution in [0.5, 0.6) is 0 Å². The molecule has 0 aromatic carbocycles. The molecule has 0 saturated carbocycles. The Bertz CT molecular complexity index is 345. The summed E-state index contributed by atoms with van der Waals surface area (Å²) in [5, 5.41) is 14.8. The summed E-state index contributed by atoms with van der Waals surface area (Å²) < 4.78 is 1.70. The van der Waals surface area contributed by atoms with Crippen molar-refractivity contribution in [1.82, 2.24) is 15.1 Å². The minimum absolute atomic E-state index is 0.330. The lowest BCUT2D eigenvalue weighted by Crippen LogP contribution is -2.25. The lowest BCUT2D eigenvalue weighted by atomic mass is 10.3. The molecular formula is C8H14N4O2. The molecule has 1 amide bonds. The number of nitrogen functional groups attached to an aromatic ring is 1. The van der Waals surface area contributed by atoms with Crippen molar-refractivity contribution in [3.05, 3.63) is 11.4 Å². The second kappa shape index (κ2) is 3.99. The van der Waals surface area contributed by atoms with Gasteiger partial charge in [0.2, 0.25) is 0 Å². The van der Waals surface area contributed by atoms with E-state index in [1.807, 2.05) is 13.8 Å². The minimum atomic E-state index is -1.03. The van der Waals surface area contributed by atoms with Gasteiger partial charge in [0.15, 0.2) is 0 Å². The summed E-state index contributed by atoms with van der Waals surface area (Å²) in [5.41, 5.74) is 8.03. The summed E-state index contributed by atoms with van der Waals surface area (Å²) in [4.78, 5) is 10.2. The highest BCUT2D eigenvalue weighted by Gasteiger charge is 2.07. The van der Waals surface area contributed by atoms with Gasteiger partial charge in [-0.1, -0.05) is 0 Å². The standard InChI is InChI=1S/C8H14N4O2/c1-5-7(9)6(2)12(11-5)4-3-10-8(13)14/h10H,3-4,9H2,1-2H3,(H,13,14). The lowest BCUT2D eigenvalue weighted by Gasteiger charge is -2.03. The molecule has 1 aromatic heterocycles. The van der Waals surface area contributed by atoms with E-state index < -0.39 is 6.09 Å². The molecular weight excluding hydrogens is 184 g/mol. The van der Waals surface area contributed by atoms with Crippen molar-refractivity contribution in [3.63, 3.8) is 0 Å². The Morgan fingerprint density at radius 3 is 2.71 bits per heavy atom. The van der Waals surface area contributed by atoms with E-state index >= 15 is 0 Å². The Hall–Kier alpha value is -1.72. The fourth-order valence-electron chi connectivity index (χ4n) is 1.20. The van der Waals surface area contributed by atoms with Crippen LogP contribution in [0.1, 0.15) is 11.4 Å². The minimum Gasteiger partial charge on any atom is -0.465 e. The summed E-state index contributed by atoms with van der Waals surface area (Å²) >= 11 is 0. The van der Waals surface area contributed by atoms with Crippen LogP contribution >= 0.6 is 0 Å². The number of carboxylic acid groups (broad SMARTS) is 1. The third-order valence-corrected chi connectivity index (χ3v) is 2.04. The number of rotatable bonds is 3. The van der Waals surface area contributed by atoms with Gasteiger partial charge >= 0.3 is 6.09 Å². The molecule has 1 heterocycles. The SMILES string of the molecule is Cc1nn(CCNC(=O)O)c(C)c1N. The molecule has 78 valence electrons. The molecule has 0 aliphatic rings. The molecule has 4 N–H and O–H groups in total. The van der Waals surface area contributed by atoms with Crippen LogP contribution in [0, 0.1) is 13.8 Å². The normalized spacial score (nSPS) is 10.1. The number of aryl methyl sites for hydroxylation is 1. The maximum Gasteiger partial charge on any atom is 0.404 e. The highest BCUT2D eigenvalue weighted by molar-refractivity contribution is 5.64. The highest BCUT2D eigenvalue weighted by atomic mass is 16.4. The molecule has 0 unspecified atom stereocenters. The van der Waals surface area contributed by atoms with Crippen LogP contribution in [0.2, 0.25) is 0 Å². The number of aromatic nitrogens is 2.